The third kappa shape index (κ3) is 12.1. The molecule has 0 radical (unpaired) electrons. The van der Waals surface area contributed by atoms with Gasteiger partial charge in [0.25, 0.3) is 12.1 Å². The van der Waals surface area contributed by atoms with Crippen LogP contribution in [0.5, 0.6) is 0 Å². The van der Waals surface area contributed by atoms with E-state index in [-0.39, 0.29) is 18.0 Å². The van der Waals surface area contributed by atoms with E-state index in [1.165, 1.54) is 12.1 Å². The number of thiocarbonyl (C=S) groups is 1. The number of carbonyl (C=O) groups is 2. The second kappa shape index (κ2) is 14.2. The average Bonchev–Trinajstić information content (AvgIpc) is 2.62. The van der Waals surface area contributed by atoms with Gasteiger partial charge in [-0.15, -0.1) is 0 Å². The van der Waals surface area contributed by atoms with Crippen molar-refractivity contribution >= 4 is 101 Å². The molecule has 0 bridgehead atoms. The van der Waals surface area contributed by atoms with Crippen LogP contribution >= 0.6 is 77.4 Å². The quantitative estimate of drug-likeness (QED) is 0.124. The Morgan fingerprint density at radius 1 is 1.00 bits per heavy atom. The summed E-state index contributed by atoms with van der Waals surface area (Å²) >= 11 is 12.1. The molecule has 164 valence electrons. The summed E-state index contributed by atoms with van der Waals surface area (Å²) in [6.07, 6.45) is 0. The lowest BCUT2D eigenvalue weighted by molar-refractivity contribution is -0.446. The van der Waals surface area contributed by atoms with Gasteiger partial charge in [0.1, 0.15) is 0 Å². The van der Waals surface area contributed by atoms with E-state index in [9.17, 15) is 18.0 Å². The minimum absolute atomic E-state index is 0.120. The normalized spacial score (nSPS) is 9.90. The van der Waals surface area contributed by atoms with Crippen molar-refractivity contribution in [3.63, 3.8) is 0 Å². The molecule has 0 heterocycles. The maximum atomic E-state index is 11.0. The van der Waals surface area contributed by atoms with Gasteiger partial charge in [-0.3, -0.25) is 4.89 Å². The molecule has 0 saturated carbocycles. The summed E-state index contributed by atoms with van der Waals surface area (Å²) in [6, 6.07) is 10.1. The standard InChI is InChI=1S/C7H4BrClO4S.C7H5BrO2.CHIO3S/c8-5-2-1-4(7(10)11)3-6(5)14(9,12)13;8-6-3-1-5(2-4-6)7(9)10;2-1(6)4-5-3/h1-3H,(H,10,11);1-4H,(H,9,10);3H. The number of benzene rings is 2. The maximum absolute atomic E-state index is 11.0. The van der Waals surface area contributed by atoms with Gasteiger partial charge < -0.3 is 10.2 Å². The van der Waals surface area contributed by atoms with Crippen LogP contribution in [-0.4, -0.2) is 38.9 Å². The highest BCUT2D eigenvalue weighted by Crippen LogP contribution is 2.26. The van der Waals surface area contributed by atoms with Crippen LogP contribution in [0.25, 0.3) is 0 Å². The first kappa shape index (κ1) is 29.1. The second-order valence-electron chi connectivity index (χ2n) is 4.60. The summed E-state index contributed by atoms with van der Waals surface area (Å²) in [5.74, 6) is -2.11. The van der Waals surface area contributed by atoms with Crippen LogP contribution < -0.4 is 0 Å². The Morgan fingerprint density at radius 3 is 1.80 bits per heavy atom. The molecule has 0 amide bonds. The Bertz CT molecular complexity index is 1000. The smallest absolute Gasteiger partial charge is 0.335 e. The maximum Gasteiger partial charge on any atom is 0.335 e. The number of carboxylic acids is 2. The Kier molecular flexibility index (Phi) is 13.8. The molecule has 0 aliphatic rings. The molecule has 2 aromatic rings. The molecule has 0 aromatic heterocycles. The lowest BCUT2D eigenvalue weighted by atomic mass is 10.2. The van der Waals surface area contributed by atoms with Gasteiger partial charge in [-0.05, 0) is 75.7 Å². The highest BCUT2D eigenvalue weighted by molar-refractivity contribution is 14.1. The third-order valence-corrected chi connectivity index (χ3v) is 5.73. The fourth-order valence-corrected chi connectivity index (χ4v) is 3.94. The van der Waals surface area contributed by atoms with Gasteiger partial charge in [-0.1, -0.05) is 15.9 Å². The third-order valence-electron chi connectivity index (χ3n) is 2.63. The van der Waals surface area contributed by atoms with Crippen LogP contribution in [0.15, 0.2) is 56.3 Å². The Morgan fingerprint density at radius 2 is 1.47 bits per heavy atom. The van der Waals surface area contributed by atoms with Gasteiger partial charge in [0.2, 0.25) is 0 Å². The van der Waals surface area contributed by atoms with Crippen molar-refractivity contribution < 1.29 is 43.4 Å². The Hall–Kier alpha value is -0.880. The van der Waals surface area contributed by atoms with E-state index in [1.54, 1.807) is 46.9 Å². The van der Waals surface area contributed by atoms with Gasteiger partial charge in [0, 0.05) is 42.2 Å². The molecule has 3 N–H and O–H groups in total. The molecule has 9 nitrogen and oxygen atoms in total. The van der Waals surface area contributed by atoms with E-state index in [2.05, 4.69) is 54.0 Å². The van der Waals surface area contributed by atoms with Crippen LogP contribution in [0.4, 0.5) is 0 Å². The molecular formula is C15H10Br2ClIO9S2. The van der Waals surface area contributed by atoms with Crippen LogP contribution in [0, 0.1) is 0 Å². The number of rotatable bonds is 4. The molecule has 0 fully saturated rings. The minimum atomic E-state index is -3.93. The van der Waals surface area contributed by atoms with Crippen LogP contribution in [0.2, 0.25) is 0 Å². The first-order chi connectivity index (χ1) is 13.8. The predicted octanol–water partition coefficient (Wildman–Crippen LogP) is 5.35. The number of halogens is 4. The summed E-state index contributed by atoms with van der Waals surface area (Å²) in [6.45, 7) is 0. The molecular weight excluding hydrogens is 710 g/mol. The first-order valence-electron chi connectivity index (χ1n) is 6.93. The van der Waals surface area contributed by atoms with Gasteiger partial charge in [0.15, 0.2) is 0 Å². The van der Waals surface area contributed by atoms with Gasteiger partial charge in [0.05, 0.1) is 16.0 Å². The van der Waals surface area contributed by atoms with Gasteiger partial charge >= 0.3 is 11.9 Å². The van der Waals surface area contributed by atoms with Crippen molar-refractivity contribution in [3.05, 3.63) is 62.5 Å². The largest absolute Gasteiger partial charge is 0.478 e. The van der Waals surface area contributed by atoms with E-state index >= 15 is 0 Å². The van der Waals surface area contributed by atoms with E-state index < -0.39 is 21.0 Å². The number of hydrogen-bond donors (Lipinski definition) is 3. The molecule has 0 aliphatic carbocycles. The fraction of sp³-hybridized carbons (Fsp3) is 0. The SMILES string of the molecule is O=C(O)c1ccc(Br)c(S(=O)(=O)Cl)c1.O=C(O)c1ccc(Br)cc1.OOOC(=S)I. The van der Waals surface area contributed by atoms with Crippen molar-refractivity contribution in [2.45, 2.75) is 4.90 Å². The average molecular weight is 721 g/mol. The van der Waals surface area contributed by atoms with E-state index in [4.69, 9.17) is 26.2 Å². The van der Waals surface area contributed by atoms with E-state index in [0.29, 0.717) is 5.56 Å². The monoisotopic (exact) mass is 718 g/mol. The second-order valence-corrected chi connectivity index (χ2v) is 11.0. The zero-order valence-corrected chi connectivity index (χ0v) is 21.9. The predicted molar refractivity (Wildman–Crippen MR) is 127 cm³/mol. The van der Waals surface area contributed by atoms with Crippen molar-refractivity contribution in [1.82, 2.24) is 0 Å². The van der Waals surface area contributed by atoms with Gasteiger partial charge in [-0.2, -0.15) is 0 Å². The zero-order chi connectivity index (χ0) is 23.5. The molecule has 0 aliphatic heterocycles. The molecule has 0 saturated heterocycles. The summed E-state index contributed by atoms with van der Waals surface area (Å²) in [7, 11) is 1.16. The van der Waals surface area contributed by atoms with Crippen molar-refractivity contribution in [1.29, 1.82) is 0 Å². The number of carboxylic acid groups (broad SMARTS) is 2. The number of aromatic carboxylic acids is 2. The van der Waals surface area contributed by atoms with Crippen molar-refractivity contribution in [2.75, 3.05) is 0 Å². The van der Waals surface area contributed by atoms with E-state index in [1.807, 2.05) is 0 Å². The minimum Gasteiger partial charge on any atom is -0.478 e. The van der Waals surface area contributed by atoms with Crippen LogP contribution in [0.1, 0.15) is 20.7 Å². The summed E-state index contributed by atoms with van der Waals surface area (Å²) in [4.78, 5) is 24.4. The molecule has 0 spiro atoms. The number of hydrogen-bond acceptors (Lipinski definition) is 8. The highest BCUT2D eigenvalue weighted by Gasteiger charge is 2.16. The van der Waals surface area contributed by atoms with Crippen molar-refractivity contribution in [2.24, 2.45) is 0 Å². The topological polar surface area (TPSA) is 147 Å². The van der Waals surface area contributed by atoms with Crippen molar-refractivity contribution in [3.8, 4) is 0 Å². The fourth-order valence-electron chi connectivity index (χ4n) is 1.45. The summed E-state index contributed by atoms with van der Waals surface area (Å²) in [5, 5.41) is 27.6. The lowest BCUT2D eigenvalue weighted by Crippen LogP contribution is -2.00. The highest BCUT2D eigenvalue weighted by atomic mass is 127. The summed E-state index contributed by atoms with van der Waals surface area (Å²) in [5.41, 5.74) is 0.177. The van der Waals surface area contributed by atoms with Gasteiger partial charge in [-0.25, -0.2) is 23.3 Å². The zero-order valence-electron chi connectivity index (χ0n) is 14.2. The van der Waals surface area contributed by atoms with E-state index in [0.717, 1.165) is 10.5 Å². The molecule has 0 unspecified atom stereocenters. The molecule has 30 heavy (non-hydrogen) atoms. The Balaban J connectivity index is 0.000000459. The lowest BCUT2D eigenvalue weighted by Gasteiger charge is -2.01. The molecule has 2 aromatic carbocycles. The first-order valence-corrected chi connectivity index (χ1v) is 12.3. The molecule has 0 atom stereocenters. The Labute approximate surface area is 210 Å². The summed E-state index contributed by atoms with van der Waals surface area (Å²) < 4.78 is 23.2. The van der Waals surface area contributed by atoms with Crippen LogP contribution in [-0.2, 0) is 19.0 Å². The molecule has 2 rings (SSSR count). The van der Waals surface area contributed by atoms with Crippen LogP contribution in [0.3, 0.4) is 0 Å². The molecule has 15 heteroatoms.